The van der Waals surface area contributed by atoms with Crippen LogP contribution in [-0.4, -0.2) is 30.1 Å². The summed E-state index contributed by atoms with van der Waals surface area (Å²) in [5.74, 6) is 0.00803. The molecule has 1 aromatic rings. The molecule has 1 heterocycles. The lowest BCUT2D eigenvalue weighted by Gasteiger charge is -2.19. The average Bonchev–Trinajstić information content (AvgIpc) is 2.91. The van der Waals surface area contributed by atoms with E-state index in [1.54, 1.807) is 0 Å². The third kappa shape index (κ3) is 3.26. The van der Waals surface area contributed by atoms with Crippen LogP contribution in [0.2, 0.25) is 5.02 Å². The molecule has 0 saturated carbocycles. The maximum atomic E-state index is 12.1. The van der Waals surface area contributed by atoms with Crippen molar-refractivity contribution >= 4 is 23.2 Å². The van der Waals surface area contributed by atoms with Gasteiger partial charge in [-0.15, -0.1) is 0 Å². The van der Waals surface area contributed by atoms with Gasteiger partial charge in [0, 0.05) is 30.2 Å². The van der Waals surface area contributed by atoms with E-state index < -0.39 is 4.92 Å². The first-order valence-corrected chi connectivity index (χ1v) is 6.69. The first-order valence-electron chi connectivity index (χ1n) is 6.31. The predicted molar refractivity (Wildman–Crippen MR) is 74.0 cm³/mol. The maximum absolute atomic E-state index is 12.1. The quantitative estimate of drug-likeness (QED) is 0.683. The molecule has 7 heteroatoms. The molecule has 1 aliphatic heterocycles. The summed E-state index contributed by atoms with van der Waals surface area (Å²) in [5.41, 5.74) is 0.104. The smallest absolute Gasteiger partial charge is 0.287 e. The van der Waals surface area contributed by atoms with Gasteiger partial charge in [0.25, 0.3) is 11.6 Å². The highest BCUT2D eigenvalue weighted by Gasteiger charge is 2.24. The van der Waals surface area contributed by atoms with Gasteiger partial charge in [-0.2, -0.15) is 0 Å². The van der Waals surface area contributed by atoms with Crippen LogP contribution in [0.5, 0.6) is 0 Å². The highest BCUT2D eigenvalue weighted by molar-refractivity contribution is 6.33. The second-order valence-electron chi connectivity index (χ2n) is 4.81. The lowest BCUT2D eigenvalue weighted by molar-refractivity contribution is -0.384. The van der Waals surface area contributed by atoms with Crippen molar-refractivity contribution in [2.24, 2.45) is 5.92 Å². The zero-order valence-electron chi connectivity index (χ0n) is 11.0. The fourth-order valence-electron chi connectivity index (χ4n) is 2.15. The van der Waals surface area contributed by atoms with E-state index in [0.717, 1.165) is 6.42 Å². The van der Waals surface area contributed by atoms with Crippen molar-refractivity contribution in [2.75, 3.05) is 13.2 Å². The predicted octanol–water partition coefficient (Wildman–Crippen LogP) is 2.40. The van der Waals surface area contributed by atoms with Gasteiger partial charge in [0.15, 0.2) is 0 Å². The van der Waals surface area contributed by atoms with Gasteiger partial charge < -0.3 is 10.1 Å². The van der Waals surface area contributed by atoms with Crippen LogP contribution < -0.4 is 5.32 Å². The number of rotatable bonds is 4. The molecule has 1 aliphatic rings. The topological polar surface area (TPSA) is 81.5 Å². The molecule has 1 N–H and O–H groups in total. The molecule has 0 spiro atoms. The molecule has 20 heavy (non-hydrogen) atoms. The molecule has 2 rings (SSSR count). The fourth-order valence-corrected chi connectivity index (χ4v) is 2.40. The summed E-state index contributed by atoms with van der Waals surface area (Å²) >= 11 is 5.79. The molecule has 1 saturated heterocycles. The van der Waals surface area contributed by atoms with Gasteiger partial charge in [-0.3, -0.25) is 14.9 Å². The Morgan fingerprint density at radius 2 is 2.35 bits per heavy atom. The maximum Gasteiger partial charge on any atom is 0.287 e. The molecule has 2 atom stereocenters. The van der Waals surface area contributed by atoms with Crippen molar-refractivity contribution in [3.63, 3.8) is 0 Å². The van der Waals surface area contributed by atoms with E-state index in [4.69, 9.17) is 16.3 Å². The molecule has 0 radical (unpaired) electrons. The number of ether oxygens (including phenoxy) is 1. The van der Waals surface area contributed by atoms with Crippen LogP contribution in [0.15, 0.2) is 18.2 Å². The zero-order chi connectivity index (χ0) is 14.7. The minimum absolute atomic E-state index is 0.0148. The highest BCUT2D eigenvalue weighted by Crippen LogP contribution is 2.25. The summed E-state index contributed by atoms with van der Waals surface area (Å²) in [6.07, 6.45) is 0.919. The molecule has 1 aromatic carbocycles. The first-order chi connectivity index (χ1) is 9.49. The summed E-state index contributed by atoms with van der Waals surface area (Å²) in [5, 5.41) is 13.5. The largest absolute Gasteiger partial charge is 0.381 e. The number of hydrogen-bond acceptors (Lipinski definition) is 4. The van der Waals surface area contributed by atoms with Gasteiger partial charge in [-0.1, -0.05) is 11.6 Å². The molecule has 0 aliphatic carbocycles. The van der Waals surface area contributed by atoms with E-state index in [-0.39, 0.29) is 22.7 Å². The Hall–Kier alpha value is -1.66. The van der Waals surface area contributed by atoms with E-state index in [0.29, 0.717) is 24.7 Å². The minimum atomic E-state index is -0.581. The zero-order valence-corrected chi connectivity index (χ0v) is 11.7. The number of nitrogens with zero attached hydrogens (tertiary/aromatic N) is 1. The summed E-state index contributed by atoms with van der Waals surface area (Å²) < 4.78 is 5.28. The van der Waals surface area contributed by atoms with Crippen molar-refractivity contribution in [3.8, 4) is 0 Å². The molecule has 6 nitrogen and oxygen atoms in total. The van der Waals surface area contributed by atoms with Crippen molar-refractivity contribution < 1.29 is 14.5 Å². The number of hydrogen-bond donors (Lipinski definition) is 1. The lowest BCUT2D eigenvalue weighted by Crippen LogP contribution is -2.38. The Bertz CT molecular complexity index is 529. The van der Waals surface area contributed by atoms with E-state index >= 15 is 0 Å². The van der Waals surface area contributed by atoms with Crippen LogP contribution in [0.4, 0.5) is 5.69 Å². The van der Waals surface area contributed by atoms with Gasteiger partial charge in [-0.05, 0) is 25.5 Å². The minimum Gasteiger partial charge on any atom is -0.381 e. The number of amides is 1. The van der Waals surface area contributed by atoms with Gasteiger partial charge in [-0.25, -0.2) is 0 Å². The number of carbonyl (C=O) groups excluding carboxylic acids is 1. The van der Waals surface area contributed by atoms with E-state index in [2.05, 4.69) is 5.32 Å². The van der Waals surface area contributed by atoms with Gasteiger partial charge >= 0.3 is 0 Å². The highest BCUT2D eigenvalue weighted by atomic mass is 35.5. The third-order valence-corrected chi connectivity index (χ3v) is 3.74. The second-order valence-corrected chi connectivity index (χ2v) is 5.22. The summed E-state index contributed by atoms with van der Waals surface area (Å²) in [6, 6.07) is 3.93. The molecule has 2 unspecified atom stereocenters. The molecular formula is C13H15ClN2O4. The second kappa shape index (κ2) is 6.19. The molecular weight excluding hydrogens is 284 g/mol. The number of nitro groups is 1. The van der Waals surface area contributed by atoms with Crippen molar-refractivity contribution in [3.05, 3.63) is 38.9 Å². The Kier molecular flexibility index (Phi) is 4.57. The summed E-state index contributed by atoms with van der Waals surface area (Å²) in [7, 11) is 0. The number of halogens is 1. The Balaban J connectivity index is 2.05. The van der Waals surface area contributed by atoms with Crippen LogP contribution in [-0.2, 0) is 4.74 Å². The van der Waals surface area contributed by atoms with Crippen LogP contribution in [0.25, 0.3) is 0 Å². The number of nitro benzene ring substituents is 1. The van der Waals surface area contributed by atoms with Crippen LogP contribution in [0.1, 0.15) is 23.7 Å². The monoisotopic (exact) mass is 298 g/mol. The van der Waals surface area contributed by atoms with Crippen LogP contribution in [0, 0.1) is 16.0 Å². The standard InChI is InChI=1S/C13H15ClN2O4/c1-8(10-4-5-20-7-10)15-13(17)9-2-3-12(16(18)19)11(14)6-9/h2-3,6,8,10H,4-5,7H2,1H3,(H,15,17). The summed E-state index contributed by atoms with van der Waals surface area (Å²) in [4.78, 5) is 22.1. The number of benzene rings is 1. The number of carbonyl (C=O) groups is 1. The molecule has 1 amide bonds. The molecule has 1 fully saturated rings. The lowest BCUT2D eigenvalue weighted by atomic mass is 10.0. The van der Waals surface area contributed by atoms with Crippen LogP contribution in [0.3, 0.4) is 0 Å². The normalized spacial score (nSPS) is 19.6. The van der Waals surface area contributed by atoms with Crippen molar-refractivity contribution in [1.29, 1.82) is 0 Å². The molecule has 0 aromatic heterocycles. The third-order valence-electron chi connectivity index (χ3n) is 3.44. The van der Waals surface area contributed by atoms with Crippen molar-refractivity contribution in [1.82, 2.24) is 5.32 Å². The molecule has 108 valence electrons. The van der Waals surface area contributed by atoms with E-state index in [1.165, 1.54) is 18.2 Å². The number of nitrogens with one attached hydrogen (secondary N) is 1. The van der Waals surface area contributed by atoms with Gasteiger partial charge in [0.05, 0.1) is 11.5 Å². The Morgan fingerprint density at radius 1 is 1.60 bits per heavy atom. The van der Waals surface area contributed by atoms with Crippen molar-refractivity contribution in [2.45, 2.75) is 19.4 Å². The molecule has 0 bridgehead atoms. The SMILES string of the molecule is CC(NC(=O)c1ccc([N+](=O)[O-])c(Cl)c1)C1CCOC1. The Labute approximate surface area is 121 Å². The fraction of sp³-hybridized carbons (Fsp3) is 0.462. The first kappa shape index (κ1) is 14.7. The van der Waals surface area contributed by atoms with E-state index in [1.807, 2.05) is 6.92 Å². The van der Waals surface area contributed by atoms with E-state index in [9.17, 15) is 14.9 Å². The van der Waals surface area contributed by atoms with Crippen LogP contribution >= 0.6 is 11.6 Å². The average molecular weight is 299 g/mol. The Morgan fingerprint density at radius 3 is 2.90 bits per heavy atom. The summed E-state index contributed by atoms with van der Waals surface area (Å²) in [6.45, 7) is 3.28. The van der Waals surface area contributed by atoms with Gasteiger partial charge in [0.2, 0.25) is 0 Å². The van der Waals surface area contributed by atoms with Gasteiger partial charge in [0.1, 0.15) is 5.02 Å².